The quantitative estimate of drug-likeness (QED) is 0.427. The maximum absolute atomic E-state index is 12.7. The molecule has 0 N–H and O–H groups in total. The van der Waals surface area contributed by atoms with Crippen LogP contribution in [-0.2, 0) is 11.3 Å². The largest absolute Gasteiger partial charge is 0.493 e. The Bertz CT molecular complexity index is 1070. The number of aromatic nitrogens is 2. The molecule has 1 amide bonds. The molecule has 6 nitrogen and oxygen atoms in total. The van der Waals surface area contributed by atoms with Crippen LogP contribution in [0.2, 0.25) is 0 Å². The molecule has 9 heteroatoms. The van der Waals surface area contributed by atoms with Crippen molar-refractivity contribution < 1.29 is 23.0 Å². The second-order valence-corrected chi connectivity index (χ2v) is 8.27. The second kappa shape index (κ2) is 10.5. The zero-order valence-corrected chi connectivity index (χ0v) is 19.2. The van der Waals surface area contributed by atoms with Gasteiger partial charge in [0.15, 0.2) is 16.7 Å². The maximum atomic E-state index is 12.7. The molecule has 0 spiro atoms. The molecule has 0 unspecified atom stereocenters. The van der Waals surface area contributed by atoms with Gasteiger partial charge in [-0.1, -0.05) is 23.9 Å². The van der Waals surface area contributed by atoms with Crippen molar-refractivity contribution in [3.8, 4) is 17.2 Å². The summed E-state index contributed by atoms with van der Waals surface area (Å²) in [5, 5.41) is 0.729. The van der Waals surface area contributed by atoms with Crippen molar-refractivity contribution in [2.45, 2.75) is 32.2 Å². The normalized spacial score (nSPS) is 11.0. The van der Waals surface area contributed by atoms with E-state index in [1.165, 1.54) is 24.9 Å². The van der Waals surface area contributed by atoms with Crippen molar-refractivity contribution in [2.75, 3.05) is 19.9 Å². The number of hydrogen-bond acceptors (Lipinski definition) is 5. The minimum atomic E-state index is -2.94. The number of hydrogen-bond donors (Lipinski definition) is 0. The Balaban J connectivity index is 1.63. The second-order valence-electron chi connectivity index (χ2n) is 7.33. The number of methoxy groups -OCH3 is 1. The third-order valence-electron chi connectivity index (χ3n) is 4.71. The molecule has 0 atom stereocenters. The number of ether oxygens (including phenoxy) is 2. The van der Waals surface area contributed by atoms with Gasteiger partial charge >= 0.3 is 6.61 Å². The van der Waals surface area contributed by atoms with Crippen LogP contribution in [0.1, 0.15) is 16.7 Å². The Morgan fingerprint density at radius 2 is 1.88 bits per heavy atom. The fraction of sp³-hybridized carbons (Fsp3) is 0.304. The van der Waals surface area contributed by atoms with Crippen molar-refractivity contribution in [1.82, 2.24) is 14.5 Å². The smallest absolute Gasteiger partial charge is 0.387 e. The van der Waals surface area contributed by atoms with Gasteiger partial charge in [0, 0.05) is 31.7 Å². The van der Waals surface area contributed by atoms with Gasteiger partial charge in [-0.25, -0.2) is 4.98 Å². The Kier molecular flexibility index (Phi) is 7.74. The van der Waals surface area contributed by atoms with Crippen LogP contribution in [0, 0.1) is 13.8 Å². The number of carbonyl (C=O) groups is 1. The van der Waals surface area contributed by atoms with Gasteiger partial charge in [-0.15, -0.1) is 0 Å². The van der Waals surface area contributed by atoms with Gasteiger partial charge in [-0.3, -0.25) is 9.36 Å². The number of thioether (sulfide) groups is 1. The fourth-order valence-corrected chi connectivity index (χ4v) is 4.20. The Hall–Kier alpha value is -3.07. The minimum absolute atomic E-state index is 0.0472. The van der Waals surface area contributed by atoms with Crippen molar-refractivity contribution in [1.29, 1.82) is 0 Å². The highest BCUT2D eigenvalue weighted by molar-refractivity contribution is 7.99. The van der Waals surface area contributed by atoms with E-state index in [0.29, 0.717) is 6.54 Å². The monoisotopic (exact) mass is 461 g/mol. The number of carbonyl (C=O) groups excluding carboxylic acids is 1. The minimum Gasteiger partial charge on any atom is -0.493 e. The van der Waals surface area contributed by atoms with Crippen molar-refractivity contribution in [2.24, 2.45) is 0 Å². The molecular formula is C23H25F2N3O3S. The van der Waals surface area contributed by atoms with Gasteiger partial charge in [-0.2, -0.15) is 8.78 Å². The number of rotatable bonds is 9. The lowest BCUT2D eigenvalue weighted by Crippen LogP contribution is -2.28. The lowest BCUT2D eigenvalue weighted by Gasteiger charge is -2.18. The summed E-state index contributed by atoms with van der Waals surface area (Å²) < 4.78 is 36.5. The van der Waals surface area contributed by atoms with E-state index in [0.717, 1.165) is 27.5 Å². The van der Waals surface area contributed by atoms with Crippen LogP contribution in [0.15, 0.2) is 53.9 Å². The molecule has 0 saturated carbocycles. The third-order valence-corrected chi connectivity index (χ3v) is 5.66. The zero-order chi connectivity index (χ0) is 23.3. The number of benzene rings is 2. The average molecular weight is 462 g/mol. The molecular weight excluding hydrogens is 436 g/mol. The number of alkyl halides is 2. The van der Waals surface area contributed by atoms with Crippen molar-refractivity contribution in [3.05, 3.63) is 65.5 Å². The SMILES string of the molecule is COc1cc(CN(C)C(=O)CSc2nccn2-c2cc(C)cc(C)c2)ccc1OC(F)F. The number of aryl methyl sites for hydroxylation is 2. The predicted octanol–water partition coefficient (Wildman–Crippen LogP) is 4.85. The molecule has 0 aliphatic heterocycles. The first-order chi connectivity index (χ1) is 15.3. The molecule has 1 aromatic heterocycles. The first-order valence-corrected chi connectivity index (χ1v) is 10.9. The first kappa shape index (κ1) is 23.6. The van der Waals surface area contributed by atoms with E-state index in [9.17, 15) is 13.6 Å². The number of halogens is 2. The summed E-state index contributed by atoms with van der Waals surface area (Å²) in [6, 6.07) is 10.9. The van der Waals surface area contributed by atoms with Crippen LogP contribution in [0.25, 0.3) is 5.69 Å². The standard InChI is InChI=1S/C23H25F2N3O3S/c1-15-9-16(2)11-18(10-15)28-8-7-26-23(28)32-14-21(29)27(3)13-17-5-6-19(31-22(24)25)20(12-17)30-4/h5-12,22H,13-14H2,1-4H3. The van der Waals surface area contributed by atoms with Gasteiger partial charge in [0.25, 0.3) is 0 Å². The van der Waals surface area contributed by atoms with Gasteiger partial charge in [0.05, 0.1) is 12.9 Å². The van der Waals surface area contributed by atoms with Crippen LogP contribution in [-0.4, -0.2) is 46.9 Å². The van der Waals surface area contributed by atoms with E-state index in [1.54, 1.807) is 30.3 Å². The summed E-state index contributed by atoms with van der Waals surface area (Å²) in [6.07, 6.45) is 3.59. The predicted molar refractivity (Wildman–Crippen MR) is 120 cm³/mol. The lowest BCUT2D eigenvalue weighted by atomic mass is 10.1. The molecule has 0 aliphatic rings. The van der Waals surface area contributed by atoms with Crippen LogP contribution >= 0.6 is 11.8 Å². The van der Waals surface area contributed by atoms with E-state index in [4.69, 9.17) is 4.74 Å². The van der Waals surface area contributed by atoms with Gasteiger partial charge < -0.3 is 14.4 Å². The summed E-state index contributed by atoms with van der Waals surface area (Å²) in [6.45, 7) is 1.45. The van der Waals surface area contributed by atoms with Gasteiger partial charge in [-0.05, 0) is 54.8 Å². The van der Waals surface area contributed by atoms with Gasteiger partial charge in [0.2, 0.25) is 5.91 Å². The summed E-state index contributed by atoms with van der Waals surface area (Å²) >= 11 is 1.36. The Morgan fingerprint density at radius 1 is 1.16 bits per heavy atom. The van der Waals surface area contributed by atoms with Crippen LogP contribution in [0.5, 0.6) is 11.5 Å². The average Bonchev–Trinajstić information content (AvgIpc) is 3.20. The molecule has 32 heavy (non-hydrogen) atoms. The molecule has 170 valence electrons. The van der Waals surface area contributed by atoms with Gasteiger partial charge in [0.1, 0.15) is 0 Å². The third kappa shape index (κ3) is 6.00. The highest BCUT2D eigenvalue weighted by Crippen LogP contribution is 2.30. The Morgan fingerprint density at radius 3 is 2.53 bits per heavy atom. The maximum Gasteiger partial charge on any atom is 0.387 e. The first-order valence-electron chi connectivity index (χ1n) is 9.87. The van der Waals surface area contributed by atoms with Crippen LogP contribution < -0.4 is 9.47 Å². The molecule has 1 heterocycles. The number of nitrogens with zero attached hydrogens (tertiary/aromatic N) is 3. The lowest BCUT2D eigenvalue weighted by molar-refractivity contribution is -0.127. The number of imidazole rings is 1. The van der Waals surface area contributed by atoms with Crippen LogP contribution in [0.3, 0.4) is 0 Å². The molecule has 0 radical (unpaired) electrons. The fourth-order valence-electron chi connectivity index (χ4n) is 3.28. The van der Waals surface area contributed by atoms with E-state index in [2.05, 4.69) is 27.9 Å². The molecule has 2 aromatic carbocycles. The summed E-state index contributed by atoms with van der Waals surface area (Å²) in [7, 11) is 3.07. The van der Waals surface area contributed by atoms with E-state index in [1.807, 2.05) is 24.6 Å². The molecule has 0 aliphatic carbocycles. The molecule has 0 bridgehead atoms. The van der Waals surface area contributed by atoms with Crippen molar-refractivity contribution in [3.63, 3.8) is 0 Å². The molecule has 0 fully saturated rings. The van der Waals surface area contributed by atoms with Crippen molar-refractivity contribution >= 4 is 17.7 Å². The molecule has 3 aromatic rings. The van der Waals surface area contributed by atoms with E-state index >= 15 is 0 Å². The van der Waals surface area contributed by atoms with E-state index in [-0.39, 0.29) is 23.2 Å². The number of amides is 1. The Labute approximate surface area is 190 Å². The summed E-state index contributed by atoms with van der Waals surface area (Å²) in [5.74, 6) is 0.265. The molecule has 3 rings (SSSR count). The van der Waals surface area contributed by atoms with E-state index < -0.39 is 6.61 Å². The summed E-state index contributed by atoms with van der Waals surface area (Å²) in [5.41, 5.74) is 4.05. The van der Waals surface area contributed by atoms with Crippen LogP contribution in [0.4, 0.5) is 8.78 Å². The topological polar surface area (TPSA) is 56.6 Å². The molecule has 0 saturated heterocycles. The highest BCUT2D eigenvalue weighted by atomic mass is 32.2. The zero-order valence-electron chi connectivity index (χ0n) is 18.3. The summed E-state index contributed by atoms with van der Waals surface area (Å²) in [4.78, 5) is 18.6. The highest BCUT2D eigenvalue weighted by Gasteiger charge is 2.16.